The molecule has 0 amide bonds. The van der Waals surface area contributed by atoms with Gasteiger partial charge in [-0.15, -0.1) is 0 Å². The van der Waals surface area contributed by atoms with E-state index in [2.05, 4.69) is 26.8 Å². The van der Waals surface area contributed by atoms with Gasteiger partial charge in [-0.2, -0.15) is 0 Å². The summed E-state index contributed by atoms with van der Waals surface area (Å²) < 4.78 is 41.4. The number of aliphatic hydroxyl groups is 14. The number of aliphatic hydroxyl groups excluding tert-OH is 14. The van der Waals surface area contributed by atoms with Crippen molar-refractivity contribution in [1.82, 2.24) is 0 Å². The number of fused-ring (bicyclic) bond motifs is 7. The second-order valence-corrected chi connectivity index (χ2v) is 23.8. The summed E-state index contributed by atoms with van der Waals surface area (Å²) in [5.41, 5.74) is -3.53. The number of carbonyl (C=O) groups is 1. The van der Waals surface area contributed by atoms with Crippen molar-refractivity contribution in [1.29, 1.82) is 0 Å². The first kappa shape index (κ1) is 55.6. The van der Waals surface area contributed by atoms with E-state index >= 15 is 0 Å². The summed E-state index contributed by atoms with van der Waals surface area (Å²) in [5.74, 6) is -1.77. The van der Waals surface area contributed by atoms with E-state index in [0.29, 0.717) is 32.1 Å². The molecule has 0 spiro atoms. The Labute approximate surface area is 413 Å². The lowest BCUT2D eigenvalue weighted by Crippen LogP contribution is -2.72. The van der Waals surface area contributed by atoms with Crippen molar-refractivity contribution in [3.05, 3.63) is 11.6 Å². The van der Waals surface area contributed by atoms with Gasteiger partial charge in [0.1, 0.15) is 67.1 Å². The van der Waals surface area contributed by atoms with Gasteiger partial charge in [-0.1, -0.05) is 53.2 Å². The van der Waals surface area contributed by atoms with E-state index in [9.17, 15) is 76.3 Å². The van der Waals surface area contributed by atoms with Crippen LogP contribution in [0.2, 0.25) is 0 Å². The van der Waals surface area contributed by atoms with Crippen molar-refractivity contribution >= 4 is 5.97 Å². The van der Waals surface area contributed by atoms with Gasteiger partial charge in [0.25, 0.3) is 0 Å². The molecule has 8 rings (SSSR count). The molecule has 0 radical (unpaired) electrons. The topological polar surface area (TPSA) is 365 Å². The maximum absolute atomic E-state index is 13.6. The zero-order valence-electron chi connectivity index (χ0n) is 41.6. The van der Waals surface area contributed by atoms with Gasteiger partial charge < -0.3 is 105 Å². The number of ether oxygens (including phenoxy) is 7. The van der Waals surface area contributed by atoms with Crippen LogP contribution in [0.4, 0.5) is 0 Å². The SMILES string of the molecule is COC(=O)[C@H]1O[C@@H](O[C@H]2CC[C@@]3(C)[C@@H](CC[C@]4(C)[C@@H]3CC=C3[C@@H]5CC(C)(C)[C@@H](O)[C@H](O)[C@]5(CO)[C@H](O)C[C@]34C)[C@@]2(C)CO)[C@H](O[C@@H]2O[C@H](CO)[C@@H](O)[C@H](O)[C@H]2O)[C@@H](O)[C@@H]1O[C@@H]1O[C@H](CO)[C@@H](O)[C@H](O)[C@H]1O. The number of allylic oxidation sites excluding steroid dienone is 2. The molecule has 3 heterocycles. The fraction of sp³-hybridized carbons (Fsp3) is 0.939. The molecular weight excluding hydrogens is 941 g/mol. The average Bonchev–Trinajstić information content (AvgIpc) is 3.33. The van der Waals surface area contributed by atoms with Crippen LogP contribution in [0.3, 0.4) is 0 Å². The Morgan fingerprint density at radius 2 is 1.21 bits per heavy atom. The van der Waals surface area contributed by atoms with Crippen LogP contribution in [0.1, 0.15) is 86.5 Å². The molecule has 3 saturated heterocycles. The third kappa shape index (κ3) is 8.32. The number of hydrogen-bond donors (Lipinski definition) is 14. The predicted molar refractivity (Wildman–Crippen MR) is 241 cm³/mol. The van der Waals surface area contributed by atoms with Gasteiger partial charge in [-0.3, -0.25) is 0 Å². The van der Waals surface area contributed by atoms with Crippen LogP contribution < -0.4 is 0 Å². The second kappa shape index (κ2) is 19.8. The molecular formula is C49H80O22. The normalized spacial score (nSPS) is 54.9. The third-order valence-corrected chi connectivity index (χ3v) is 20.0. The lowest BCUT2D eigenvalue weighted by molar-refractivity contribution is -0.392. The van der Waals surface area contributed by atoms with Crippen molar-refractivity contribution in [3.8, 4) is 0 Å². The molecule has 71 heavy (non-hydrogen) atoms. The average molecular weight is 1020 g/mol. The molecule has 0 aromatic carbocycles. The third-order valence-electron chi connectivity index (χ3n) is 20.0. The van der Waals surface area contributed by atoms with Crippen molar-refractivity contribution in [2.45, 2.75) is 203 Å². The second-order valence-electron chi connectivity index (χ2n) is 23.8. The van der Waals surface area contributed by atoms with E-state index in [1.54, 1.807) is 0 Å². The van der Waals surface area contributed by atoms with Gasteiger partial charge in [0.05, 0.1) is 63.4 Å². The van der Waals surface area contributed by atoms with Crippen LogP contribution in [0.5, 0.6) is 0 Å². The van der Waals surface area contributed by atoms with Gasteiger partial charge >= 0.3 is 5.97 Å². The Balaban J connectivity index is 1.12. The van der Waals surface area contributed by atoms with E-state index in [0.717, 1.165) is 12.7 Å². The van der Waals surface area contributed by atoms with Gasteiger partial charge in [-0.05, 0) is 84.4 Å². The summed E-state index contributed by atoms with van der Waals surface area (Å²) in [6.45, 7) is 9.77. The molecule has 7 fully saturated rings. The summed E-state index contributed by atoms with van der Waals surface area (Å²) in [5, 5.41) is 154. The quantitative estimate of drug-likeness (QED) is 0.0547. The molecule has 22 heteroatoms. The van der Waals surface area contributed by atoms with Crippen molar-refractivity contribution in [2.75, 3.05) is 33.5 Å². The molecule has 22 nitrogen and oxygen atoms in total. The van der Waals surface area contributed by atoms with Crippen LogP contribution in [0, 0.1) is 50.2 Å². The van der Waals surface area contributed by atoms with E-state index in [-0.39, 0.29) is 24.7 Å². The smallest absolute Gasteiger partial charge is 0.337 e. The first-order valence-corrected chi connectivity index (χ1v) is 25.2. The number of hydrogen-bond acceptors (Lipinski definition) is 22. The molecule has 3 aliphatic heterocycles. The zero-order valence-corrected chi connectivity index (χ0v) is 41.6. The molecule has 0 aromatic rings. The Bertz CT molecular complexity index is 1940. The Hall–Kier alpha value is -1.59. The maximum Gasteiger partial charge on any atom is 0.337 e. The van der Waals surface area contributed by atoms with Crippen LogP contribution in [0.25, 0.3) is 0 Å². The van der Waals surface area contributed by atoms with E-state index < -0.39 is 187 Å². The molecule has 14 N–H and O–H groups in total. The Morgan fingerprint density at radius 3 is 1.75 bits per heavy atom. The van der Waals surface area contributed by atoms with Crippen LogP contribution in [0.15, 0.2) is 11.6 Å². The molecule has 408 valence electrons. The highest BCUT2D eigenvalue weighted by Crippen LogP contribution is 2.76. The summed E-state index contributed by atoms with van der Waals surface area (Å²) in [6.07, 6.45) is -26.5. The molecule has 5 aliphatic carbocycles. The highest BCUT2D eigenvalue weighted by Gasteiger charge is 2.73. The number of methoxy groups -OCH3 is 1. The molecule has 0 aromatic heterocycles. The van der Waals surface area contributed by atoms with Gasteiger partial charge in [-0.25, -0.2) is 4.79 Å². The maximum atomic E-state index is 13.6. The lowest BCUT2D eigenvalue weighted by atomic mass is 9.33. The van der Waals surface area contributed by atoms with Gasteiger partial charge in [0.2, 0.25) is 0 Å². The lowest BCUT2D eigenvalue weighted by Gasteiger charge is -2.72. The van der Waals surface area contributed by atoms with Gasteiger partial charge in [0.15, 0.2) is 25.0 Å². The standard InChI is InChI=1S/C49H80O22/c1-44(2)14-21-20-8-9-25-45(3)12-11-27(46(4,18-52)24(45)10-13-47(25,5)48(20,6)15-26(54)49(21,19-53)39(63)38(44)62)68-43-36(70-42-33(60)31(58)29(56)23(17-51)67-42)34(61)35(37(71-43)40(64)65-7)69-41-32(59)30(57)28(55)22(16-50)66-41/h8,21-39,41-43,50-63H,9-19H2,1-7H3/t21-,22+,23+,24+,25+,26+,27-,28+,29+,30-,31-,32+,33+,34-,35-,36+,37-,38-,39-,41-,42-,43+,45-,46+,47+,48+,49-/m0/s1. The largest absolute Gasteiger partial charge is 0.467 e. The van der Waals surface area contributed by atoms with Crippen LogP contribution in [-0.4, -0.2) is 228 Å². The van der Waals surface area contributed by atoms with E-state index in [4.69, 9.17) is 33.2 Å². The van der Waals surface area contributed by atoms with Crippen molar-refractivity contribution in [2.24, 2.45) is 50.2 Å². The molecule has 8 aliphatic rings. The van der Waals surface area contributed by atoms with E-state index in [1.807, 2.05) is 20.8 Å². The van der Waals surface area contributed by atoms with Crippen LogP contribution >= 0.6 is 0 Å². The first-order valence-electron chi connectivity index (χ1n) is 25.2. The first-order chi connectivity index (χ1) is 33.2. The highest BCUT2D eigenvalue weighted by molar-refractivity contribution is 5.75. The molecule has 0 unspecified atom stereocenters. The minimum Gasteiger partial charge on any atom is -0.467 e. The Kier molecular flexibility index (Phi) is 15.5. The molecule has 27 atom stereocenters. The number of rotatable bonds is 11. The monoisotopic (exact) mass is 1020 g/mol. The minimum absolute atomic E-state index is 0.00526. The fourth-order valence-corrected chi connectivity index (χ4v) is 15.5. The van der Waals surface area contributed by atoms with E-state index in [1.165, 1.54) is 0 Å². The minimum atomic E-state index is -2.07. The predicted octanol–water partition coefficient (Wildman–Crippen LogP) is -3.32. The van der Waals surface area contributed by atoms with Crippen LogP contribution in [-0.2, 0) is 38.0 Å². The fourth-order valence-electron chi connectivity index (χ4n) is 15.5. The van der Waals surface area contributed by atoms with Crippen molar-refractivity contribution in [3.63, 3.8) is 0 Å². The zero-order chi connectivity index (χ0) is 52.3. The number of esters is 1. The number of carbonyl (C=O) groups excluding carboxylic acids is 1. The summed E-state index contributed by atoms with van der Waals surface area (Å²) in [7, 11) is 1.03. The van der Waals surface area contributed by atoms with Crippen molar-refractivity contribution < 1.29 is 109 Å². The summed E-state index contributed by atoms with van der Waals surface area (Å²) in [4.78, 5) is 13.6. The highest BCUT2D eigenvalue weighted by atomic mass is 16.8. The Morgan fingerprint density at radius 1 is 0.634 bits per heavy atom. The summed E-state index contributed by atoms with van der Waals surface area (Å²) >= 11 is 0. The summed E-state index contributed by atoms with van der Waals surface area (Å²) in [6, 6.07) is 0. The molecule has 4 saturated carbocycles. The molecule has 0 bridgehead atoms. The van der Waals surface area contributed by atoms with Gasteiger partial charge in [0, 0.05) is 5.41 Å².